The van der Waals surface area contributed by atoms with E-state index in [9.17, 15) is 14.4 Å². The number of amides is 1. The van der Waals surface area contributed by atoms with Crippen LogP contribution in [0.5, 0.6) is 0 Å². The van der Waals surface area contributed by atoms with Crippen LogP contribution in [0.4, 0.5) is 5.00 Å². The third-order valence-corrected chi connectivity index (χ3v) is 6.55. The lowest BCUT2D eigenvalue weighted by molar-refractivity contribution is -0.131. The van der Waals surface area contributed by atoms with Crippen LogP contribution in [0.3, 0.4) is 0 Å². The smallest absolute Gasteiger partial charge is 0.341 e. The van der Waals surface area contributed by atoms with E-state index in [2.05, 4.69) is 26.1 Å². The number of carbonyl (C=O) groups is 3. The van der Waals surface area contributed by atoms with Gasteiger partial charge in [0.15, 0.2) is 0 Å². The summed E-state index contributed by atoms with van der Waals surface area (Å²) in [6.07, 6.45) is 5.42. The highest BCUT2D eigenvalue weighted by Crippen LogP contribution is 2.45. The number of hydrogen-bond donors (Lipinski definition) is 2. The molecule has 1 unspecified atom stereocenters. The highest BCUT2D eigenvalue weighted by molar-refractivity contribution is 7.17. The zero-order chi connectivity index (χ0) is 20.2. The molecular formula is C20H27NO5S. The number of aliphatic carboxylic acids is 1. The van der Waals surface area contributed by atoms with E-state index in [0.29, 0.717) is 16.5 Å². The Kier molecular flexibility index (Phi) is 6.81. The maximum absolute atomic E-state index is 12.5. The van der Waals surface area contributed by atoms with Gasteiger partial charge in [-0.05, 0) is 43.1 Å². The number of ether oxygens (including phenoxy) is 1. The van der Waals surface area contributed by atoms with Crippen LogP contribution in [-0.4, -0.2) is 29.6 Å². The summed E-state index contributed by atoms with van der Waals surface area (Å²) in [5.74, 6) is -1.71. The molecule has 0 bridgehead atoms. The Hall–Kier alpha value is -2.15. The fraction of sp³-hybridized carbons (Fsp3) is 0.550. The second-order valence-corrected chi connectivity index (χ2v) is 8.48. The van der Waals surface area contributed by atoms with E-state index in [1.807, 2.05) is 0 Å². The molecule has 0 aliphatic heterocycles. The van der Waals surface area contributed by atoms with Crippen molar-refractivity contribution < 1.29 is 24.2 Å². The van der Waals surface area contributed by atoms with E-state index in [4.69, 9.17) is 9.84 Å². The van der Waals surface area contributed by atoms with Crippen molar-refractivity contribution in [2.75, 3.05) is 11.9 Å². The number of esters is 1. The summed E-state index contributed by atoms with van der Waals surface area (Å²) in [4.78, 5) is 36.2. The Morgan fingerprint density at radius 2 is 2.00 bits per heavy atom. The van der Waals surface area contributed by atoms with Crippen molar-refractivity contribution in [2.45, 2.75) is 53.4 Å². The van der Waals surface area contributed by atoms with Crippen molar-refractivity contribution in [3.63, 3.8) is 0 Å². The molecule has 1 aromatic heterocycles. The minimum Gasteiger partial charge on any atom is -0.478 e. The molecule has 0 spiro atoms. The predicted octanol–water partition coefficient (Wildman–Crippen LogP) is 4.05. The van der Waals surface area contributed by atoms with Crippen molar-refractivity contribution in [3.8, 4) is 0 Å². The molecule has 7 heteroatoms. The van der Waals surface area contributed by atoms with Gasteiger partial charge in [0.1, 0.15) is 5.00 Å². The first-order chi connectivity index (χ1) is 12.7. The van der Waals surface area contributed by atoms with E-state index in [1.54, 1.807) is 6.92 Å². The third kappa shape index (κ3) is 4.97. The third-order valence-electron chi connectivity index (χ3n) is 5.38. The largest absolute Gasteiger partial charge is 0.478 e. The first-order valence-electron chi connectivity index (χ1n) is 9.23. The maximum atomic E-state index is 12.5. The molecule has 0 fully saturated rings. The first-order valence-corrected chi connectivity index (χ1v) is 10.0. The van der Waals surface area contributed by atoms with Crippen molar-refractivity contribution in [3.05, 3.63) is 28.2 Å². The molecule has 1 heterocycles. The highest BCUT2D eigenvalue weighted by Gasteiger charge is 2.35. The van der Waals surface area contributed by atoms with Gasteiger partial charge >= 0.3 is 11.9 Å². The number of thiophene rings is 1. The fourth-order valence-corrected chi connectivity index (χ4v) is 4.67. The van der Waals surface area contributed by atoms with Gasteiger partial charge in [-0.1, -0.05) is 27.2 Å². The summed E-state index contributed by atoms with van der Waals surface area (Å²) in [5.41, 5.74) is 1.58. The summed E-state index contributed by atoms with van der Waals surface area (Å²) in [6.45, 7) is 8.71. The van der Waals surface area contributed by atoms with Crippen LogP contribution in [0.2, 0.25) is 0 Å². The molecule has 1 amide bonds. The zero-order valence-corrected chi connectivity index (χ0v) is 17.1. The number of carbonyl (C=O) groups excluding carboxylic acids is 2. The van der Waals surface area contributed by atoms with Crippen molar-refractivity contribution >= 4 is 34.2 Å². The molecule has 1 aliphatic carbocycles. The molecule has 1 atom stereocenters. The van der Waals surface area contributed by atoms with Crippen molar-refractivity contribution in [1.82, 2.24) is 0 Å². The molecule has 6 nitrogen and oxygen atoms in total. The summed E-state index contributed by atoms with van der Waals surface area (Å²) < 4.78 is 5.19. The summed E-state index contributed by atoms with van der Waals surface area (Å²) in [7, 11) is 0. The molecular weight excluding hydrogens is 366 g/mol. The van der Waals surface area contributed by atoms with Crippen LogP contribution in [-0.2, 0) is 27.2 Å². The Labute approximate surface area is 163 Å². The molecule has 0 radical (unpaired) electrons. The SMILES string of the molecule is CCOC(=O)c1c(NC(=O)C=CC(=O)O)sc2c1CCC(C(C)(C)CC)C2. The van der Waals surface area contributed by atoms with Gasteiger partial charge in [-0.3, -0.25) is 4.79 Å². The molecule has 1 aromatic rings. The topological polar surface area (TPSA) is 92.7 Å². The van der Waals surface area contributed by atoms with E-state index >= 15 is 0 Å². The molecule has 2 rings (SSSR count). The Bertz CT molecular complexity index is 763. The second kappa shape index (κ2) is 8.69. The minimum atomic E-state index is -1.20. The van der Waals surface area contributed by atoms with Crippen LogP contribution < -0.4 is 5.32 Å². The molecule has 148 valence electrons. The summed E-state index contributed by atoms with van der Waals surface area (Å²) in [5, 5.41) is 11.8. The predicted molar refractivity (Wildman–Crippen MR) is 105 cm³/mol. The quantitative estimate of drug-likeness (QED) is 0.539. The number of nitrogens with one attached hydrogen (secondary N) is 1. The number of anilines is 1. The maximum Gasteiger partial charge on any atom is 0.341 e. The molecule has 1 aliphatic rings. The lowest BCUT2D eigenvalue weighted by Gasteiger charge is -2.36. The second-order valence-electron chi connectivity index (χ2n) is 7.37. The van der Waals surface area contributed by atoms with E-state index < -0.39 is 17.8 Å². The fourth-order valence-electron chi connectivity index (χ4n) is 3.35. The van der Waals surface area contributed by atoms with Gasteiger partial charge in [0.2, 0.25) is 5.91 Å². The van der Waals surface area contributed by atoms with Gasteiger partial charge in [0.05, 0.1) is 12.2 Å². The van der Waals surface area contributed by atoms with Gasteiger partial charge < -0.3 is 15.2 Å². The monoisotopic (exact) mass is 393 g/mol. The molecule has 0 saturated heterocycles. The molecule has 2 N–H and O–H groups in total. The van der Waals surface area contributed by atoms with Crippen LogP contribution in [0, 0.1) is 11.3 Å². The van der Waals surface area contributed by atoms with Gasteiger partial charge in [0, 0.05) is 17.0 Å². The Balaban J connectivity index is 2.35. The normalized spacial score (nSPS) is 16.8. The number of rotatable bonds is 7. The molecule has 27 heavy (non-hydrogen) atoms. The average molecular weight is 394 g/mol. The first kappa shape index (κ1) is 21.2. The van der Waals surface area contributed by atoms with E-state index in [-0.39, 0.29) is 12.0 Å². The minimum absolute atomic E-state index is 0.208. The van der Waals surface area contributed by atoms with Gasteiger partial charge in [-0.2, -0.15) is 0 Å². The summed E-state index contributed by atoms with van der Waals surface area (Å²) in [6, 6.07) is 0. The number of carboxylic acid groups (broad SMARTS) is 1. The number of carboxylic acids is 1. The Morgan fingerprint density at radius 1 is 1.30 bits per heavy atom. The highest BCUT2D eigenvalue weighted by atomic mass is 32.1. The molecule has 0 aromatic carbocycles. The van der Waals surface area contributed by atoms with Crippen LogP contribution in [0.1, 0.15) is 61.3 Å². The van der Waals surface area contributed by atoms with Gasteiger partial charge in [-0.25, -0.2) is 9.59 Å². The summed E-state index contributed by atoms with van der Waals surface area (Å²) >= 11 is 1.39. The van der Waals surface area contributed by atoms with Gasteiger partial charge in [0.25, 0.3) is 0 Å². The zero-order valence-electron chi connectivity index (χ0n) is 16.3. The van der Waals surface area contributed by atoms with Crippen molar-refractivity contribution in [2.24, 2.45) is 11.3 Å². The number of fused-ring (bicyclic) bond motifs is 1. The van der Waals surface area contributed by atoms with Crippen molar-refractivity contribution in [1.29, 1.82) is 0 Å². The van der Waals surface area contributed by atoms with E-state index in [1.165, 1.54) is 11.3 Å². The lowest BCUT2D eigenvalue weighted by atomic mass is 9.69. The standard InChI is InChI=1S/C20H27NO5S/c1-5-20(3,4)12-7-8-13-14(11-12)27-18(17(13)19(25)26-6-2)21-15(22)9-10-16(23)24/h9-10,12H,5-8,11H2,1-4H3,(H,21,22)(H,23,24). The van der Waals surface area contributed by atoms with Gasteiger partial charge in [-0.15, -0.1) is 11.3 Å². The van der Waals surface area contributed by atoms with Crippen LogP contribution in [0.15, 0.2) is 12.2 Å². The van der Waals surface area contributed by atoms with E-state index in [0.717, 1.165) is 48.3 Å². The number of hydrogen-bond acceptors (Lipinski definition) is 5. The van der Waals surface area contributed by atoms with Crippen LogP contribution >= 0.6 is 11.3 Å². The molecule has 0 saturated carbocycles. The Morgan fingerprint density at radius 3 is 2.59 bits per heavy atom. The average Bonchev–Trinajstić information content (AvgIpc) is 2.97. The lowest BCUT2D eigenvalue weighted by Crippen LogP contribution is -2.28. The van der Waals surface area contributed by atoms with Crippen LogP contribution in [0.25, 0.3) is 0 Å².